The lowest BCUT2D eigenvalue weighted by Gasteiger charge is -2.23. The number of hydrogen-bond donors (Lipinski definition) is 2. The maximum Gasteiger partial charge on any atom is 0.407 e. The van der Waals surface area contributed by atoms with Gasteiger partial charge in [0.1, 0.15) is 16.3 Å². The summed E-state index contributed by atoms with van der Waals surface area (Å²) in [4.78, 5) is 32.6. The Kier molecular flexibility index (Phi) is 6.99. The van der Waals surface area contributed by atoms with E-state index in [9.17, 15) is 9.59 Å². The highest BCUT2D eigenvalue weighted by Gasteiger charge is 2.26. The van der Waals surface area contributed by atoms with Gasteiger partial charge in [-0.3, -0.25) is 4.79 Å². The Morgan fingerprint density at radius 1 is 1.18 bits per heavy atom. The molecule has 2 aromatic heterocycles. The zero-order valence-electron chi connectivity index (χ0n) is 19.0. The molecule has 1 saturated heterocycles. The minimum absolute atomic E-state index is 0.219. The Balaban J connectivity index is 1.37. The molecule has 174 valence electrons. The summed E-state index contributed by atoms with van der Waals surface area (Å²) in [5.74, 6) is 0.0945. The van der Waals surface area contributed by atoms with Gasteiger partial charge in [-0.25, -0.2) is 9.78 Å². The van der Waals surface area contributed by atoms with Crippen LogP contribution in [0.3, 0.4) is 0 Å². The summed E-state index contributed by atoms with van der Waals surface area (Å²) in [6.45, 7) is 7.76. The number of nitrogens with zero attached hydrogens (tertiary/aromatic N) is 2. The number of hydrogen-bond acceptors (Lipinski definition) is 7. The van der Waals surface area contributed by atoms with Crippen LogP contribution < -0.4 is 15.5 Å². The quantitative estimate of drug-likeness (QED) is 0.484. The fraction of sp³-hybridized carbons (Fsp3) is 0.375. The van der Waals surface area contributed by atoms with Crippen LogP contribution in [0.4, 0.5) is 16.2 Å². The molecule has 7 nitrogen and oxygen atoms in total. The van der Waals surface area contributed by atoms with E-state index in [0.29, 0.717) is 18.2 Å². The summed E-state index contributed by atoms with van der Waals surface area (Å²) < 4.78 is 5.32. The van der Waals surface area contributed by atoms with Crippen LogP contribution in [0.1, 0.15) is 37.7 Å². The number of aromatic nitrogens is 1. The van der Waals surface area contributed by atoms with Gasteiger partial charge in [-0.15, -0.1) is 22.7 Å². The van der Waals surface area contributed by atoms with Gasteiger partial charge in [0.2, 0.25) is 0 Å². The maximum atomic E-state index is 12.9. The van der Waals surface area contributed by atoms with Crippen molar-refractivity contribution in [3.8, 4) is 9.88 Å². The average Bonchev–Trinajstić information content (AvgIpc) is 3.53. The highest BCUT2D eigenvalue weighted by atomic mass is 32.1. The summed E-state index contributed by atoms with van der Waals surface area (Å²) in [5, 5.41) is 10.5. The second-order valence-electron chi connectivity index (χ2n) is 8.97. The SMILES string of the molecule is CC(C)(C)OC(=O)NCC1CCN(c2ccccc2NC(=O)c2csc(-c3cccs3)n2)C1. The Morgan fingerprint density at radius 2 is 2.00 bits per heavy atom. The number of para-hydroxylation sites is 2. The molecule has 3 heterocycles. The number of anilines is 2. The Hall–Kier alpha value is -2.91. The van der Waals surface area contributed by atoms with E-state index in [2.05, 4.69) is 20.5 Å². The lowest BCUT2D eigenvalue weighted by molar-refractivity contribution is 0.0520. The van der Waals surface area contributed by atoms with Crippen molar-refractivity contribution in [3.63, 3.8) is 0 Å². The number of rotatable bonds is 6. The highest BCUT2D eigenvalue weighted by molar-refractivity contribution is 7.20. The van der Waals surface area contributed by atoms with E-state index in [-0.39, 0.29) is 5.91 Å². The van der Waals surface area contributed by atoms with Crippen LogP contribution in [0.15, 0.2) is 47.2 Å². The molecule has 1 atom stereocenters. The number of amides is 2. The van der Waals surface area contributed by atoms with Crippen LogP contribution in [0.5, 0.6) is 0 Å². The first-order valence-electron chi connectivity index (χ1n) is 10.9. The summed E-state index contributed by atoms with van der Waals surface area (Å²) >= 11 is 3.08. The molecule has 0 bridgehead atoms. The number of thiazole rings is 1. The number of ether oxygens (including phenoxy) is 1. The van der Waals surface area contributed by atoms with Gasteiger partial charge < -0.3 is 20.3 Å². The van der Waals surface area contributed by atoms with Gasteiger partial charge in [-0.1, -0.05) is 18.2 Å². The number of benzene rings is 1. The Bertz CT molecular complexity index is 1110. The first kappa shape index (κ1) is 23.3. The van der Waals surface area contributed by atoms with E-state index in [0.717, 1.165) is 40.8 Å². The molecular weight excluding hydrogens is 456 g/mol. The molecule has 1 fully saturated rings. The number of carbonyl (C=O) groups excluding carboxylic acids is 2. The van der Waals surface area contributed by atoms with E-state index in [1.54, 1.807) is 16.7 Å². The molecule has 9 heteroatoms. The molecule has 0 saturated carbocycles. The second kappa shape index (κ2) is 9.93. The molecule has 33 heavy (non-hydrogen) atoms. The number of alkyl carbamates (subject to hydrolysis) is 1. The van der Waals surface area contributed by atoms with Crippen LogP contribution in [-0.2, 0) is 4.74 Å². The standard InChI is InChI=1S/C24H28N4O3S2/c1-24(2,3)31-23(30)25-13-16-10-11-28(14-16)19-8-5-4-7-17(19)26-21(29)18-15-33-22(27-18)20-9-6-12-32-20/h4-9,12,15-16H,10-11,13-14H2,1-3H3,(H,25,30)(H,26,29). The lowest BCUT2D eigenvalue weighted by atomic mass is 10.1. The predicted octanol–water partition coefficient (Wildman–Crippen LogP) is 5.47. The van der Waals surface area contributed by atoms with Crippen molar-refractivity contribution in [2.75, 3.05) is 29.9 Å². The van der Waals surface area contributed by atoms with Gasteiger partial charge in [0.15, 0.2) is 0 Å². The van der Waals surface area contributed by atoms with E-state index in [1.165, 1.54) is 11.3 Å². The third-order valence-electron chi connectivity index (χ3n) is 5.18. The first-order chi connectivity index (χ1) is 15.8. The summed E-state index contributed by atoms with van der Waals surface area (Å²) in [6, 6.07) is 11.8. The van der Waals surface area contributed by atoms with Crippen LogP contribution >= 0.6 is 22.7 Å². The number of nitrogens with one attached hydrogen (secondary N) is 2. The third kappa shape index (κ3) is 6.11. The van der Waals surface area contributed by atoms with Gasteiger partial charge in [0.25, 0.3) is 5.91 Å². The van der Waals surface area contributed by atoms with Gasteiger partial charge >= 0.3 is 6.09 Å². The van der Waals surface area contributed by atoms with Crippen molar-refractivity contribution in [3.05, 3.63) is 52.9 Å². The van der Waals surface area contributed by atoms with E-state index in [4.69, 9.17) is 4.74 Å². The predicted molar refractivity (Wildman–Crippen MR) is 134 cm³/mol. The fourth-order valence-corrected chi connectivity index (χ4v) is 5.31. The van der Waals surface area contributed by atoms with Crippen LogP contribution in [0, 0.1) is 5.92 Å². The molecule has 0 spiro atoms. The molecule has 2 amide bonds. The summed E-state index contributed by atoms with van der Waals surface area (Å²) in [7, 11) is 0. The average molecular weight is 485 g/mol. The molecule has 3 aromatic rings. The summed E-state index contributed by atoms with van der Waals surface area (Å²) in [6.07, 6.45) is 0.563. The zero-order valence-corrected chi connectivity index (χ0v) is 20.6. The normalized spacial score (nSPS) is 16.0. The number of carbonyl (C=O) groups is 2. The van der Waals surface area contributed by atoms with Crippen molar-refractivity contribution >= 4 is 46.0 Å². The molecule has 1 aliphatic heterocycles. The van der Waals surface area contributed by atoms with E-state index < -0.39 is 11.7 Å². The highest BCUT2D eigenvalue weighted by Crippen LogP contribution is 2.32. The largest absolute Gasteiger partial charge is 0.444 e. The molecule has 1 unspecified atom stereocenters. The van der Waals surface area contributed by atoms with Gasteiger partial charge in [-0.2, -0.15) is 0 Å². The Morgan fingerprint density at radius 3 is 2.76 bits per heavy atom. The van der Waals surface area contributed by atoms with Crippen LogP contribution in [-0.4, -0.2) is 42.2 Å². The summed E-state index contributed by atoms with van der Waals surface area (Å²) in [5.41, 5.74) is 1.64. The van der Waals surface area contributed by atoms with Gasteiger partial charge in [0, 0.05) is 25.0 Å². The van der Waals surface area contributed by atoms with Gasteiger partial charge in [0.05, 0.1) is 16.3 Å². The van der Waals surface area contributed by atoms with E-state index in [1.807, 2.05) is 62.5 Å². The fourth-order valence-electron chi connectivity index (χ4n) is 3.69. The first-order valence-corrected chi connectivity index (χ1v) is 12.7. The lowest BCUT2D eigenvalue weighted by Crippen LogP contribution is -2.36. The van der Waals surface area contributed by atoms with Crippen molar-refractivity contribution < 1.29 is 14.3 Å². The van der Waals surface area contributed by atoms with Crippen molar-refractivity contribution in [2.24, 2.45) is 5.92 Å². The molecule has 0 aliphatic carbocycles. The molecular formula is C24H28N4O3S2. The zero-order chi connectivity index (χ0) is 23.4. The topological polar surface area (TPSA) is 83.6 Å². The van der Waals surface area contributed by atoms with Crippen molar-refractivity contribution in [1.82, 2.24) is 10.3 Å². The Labute approximate surface area is 201 Å². The smallest absolute Gasteiger partial charge is 0.407 e. The molecule has 1 aliphatic rings. The third-order valence-corrected chi connectivity index (χ3v) is 7.06. The molecule has 4 rings (SSSR count). The van der Waals surface area contributed by atoms with Crippen molar-refractivity contribution in [2.45, 2.75) is 32.8 Å². The second-order valence-corrected chi connectivity index (χ2v) is 10.8. The minimum atomic E-state index is -0.509. The van der Waals surface area contributed by atoms with Crippen molar-refractivity contribution in [1.29, 1.82) is 0 Å². The maximum absolute atomic E-state index is 12.9. The molecule has 0 radical (unpaired) electrons. The molecule has 1 aromatic carbocycles. The van der Waals surface area contributed by atoms with Gasteiger partial charge in [-0.05, 0) is 56.7 Å². The molecule has 2 N–H and O–H groups in total. The monoisotopic (exact) mass is 484 g/mol. The van der Waals surface area contributed by atoms with Crippen LogP contribution in [0.2, 0.25) is 0 Å². The minimum Gasteiger partial charge on any atom is -0.444 e. The number of thiophene rings is 1. The van der Waals surface area contributed by atoms with E-state index >= 15 is 0 Å². The van der Waals surface area contributed by atoms with Crippen LogP contribution in [0.25, 0.3) is 9.88 Å².